The molecular formula is C13H22N4O. The first-order chi connectivity index (χ1) is 8.72. The fourth-order valence-electron chi connectivity index (χ4n) is 2.24. The predicted octanol–water partition coefficient (Wildman–Crippen LogP) is 1.43. The summed E-state index contributed by atoms with van der Waals surface area (Å²) in [5, 5.41) is 13.0. The lowest BCUT2D eigenvalue weighted by Gasteiger charge is -2.31. The number of hydrogen-bond acceptors (Lipinski definition) is 5. The van der Waals surface area contributed by atoms with E-state index in [1.54, 1.807) is 0 Å². The summed E-state index contributed by atoms with van der Waals surface area (Å²) < 4.78 is 0. The average Bonchev–Trinajstić information content (AvgIpc) is 2.39. The van der Waals surface area contributed by atoms with Crippen LogP contribution in [0.4, 0.5) is 11.6 Å². The highest BCUT2D eigenvalue weighted by Crippen LogP contribution is 2.20. The van der Waals surface area contributed by atoms with Gasteiger partial charge in [-0.15, -0.1) is 0 Å². The molecule has 100 valence electrons. The molecule has 2 rings (SSSR count). The first-order valence-electron chi connectivity index (χ1n) is 6.77. The maximum atomic E-state index is 9.74. The minimum absolute atomic E-state index is 0.235. The Morgan fingerprint density at radius 1 is 1.44 bits per heavy atom. The Hall–Kier alpha value is -1.36. The molecular weight excluding hydrogens is 228 g/mol. The summed E-state index contributed by atoms with van der Waals surface area (Å²) in [5.41, 5.74) is 0. The summed E-state index contributed by atoms with van der Waals surface area (Å²) in [6.45, 7) is 6.59. The molecule has 1 atom stereocenters. The highest BCUT2D eigenvalue weighted by atomic mass is 16.3. The molecule has 0 amide bonds. The first-order valence-corrected chi connectivity index (χ1v) is 6.77. The van der Waals surface area contributed by atoms with Crippen molar-refractivity contribution in [3.8, 4) is 0 Å². The zero-order chi connectivity index (χ0) is 13.0. The number of β-amino-alcohol motifs (C(OH)–C–C–N with tert-alkyl or cyclic N) is 1. The van der Waals surface area contributed by atoms with Gasteiger partial charge in [-0.25, -0.2) is 9.97 Å². The zero-order valence-corrected chi connectivity index (χ0v) is 11.2. The van der Waals surface area contributed by atoms with E-state index in [4.69, 9.17) is 0 Å². The highest BCUT2D eigenvalue weighted by molar-refractivity contribution is 5.49. The Balaban J connectivity index is 2.22. The molecule has 0 bridgehead atoms. The Morgan fingerprint density at radius 2 is 2.28 bits per heavy atom. The topological polar surface area (TPSA) is 61.3 Å². The smallest absolute Gasteiger partial charge is 0.134 e. The van der Waals surface area contributed by atoms with E-state index in [2.05, 4.69) is 34.0 Å². The van der Waals surface area contributed by atoms with E-state index >= 15 is 0 Å². The minimum Gasteiger partial charge on any atom is -0.391 e. The third-order valence-corrected chi connectivity index (χ3v) is 3.15. The van der Waals surface area contributed by atoms with Gasteiger partial charge in [0.05, 0.1) is 6.10 Å². The lowest BCUT2D eigenvalue weighted by molar-refractivity contribution is 0.154. The fourth-order valence-corrected chi connectivity index (χ4v) is 2.24. The number of aliphatic hydroxyl groups is 1. The number of piperidine rings is 1. The van der Waals surface area contributed by atoms with Crippen LogP contribution >= 0.6 is 0 Å². The van der Waals surface area contributed by atoms with Crippen LogP contribution in [0.15, 0.2) is 6.07 Å². The molecule has 2 N–H and O–H groups in total. The molecule has 0 radical (unpaired) electrons. The molecule has 5 heteroatoms. The fraction of sp³-hybridized carbons (Fsp3) is 0.692. The van der Waals surface area contributed by atoms with Gasteiger partial charge in [-0.2, -0.15) is 0 Å². The van der Waals surface area contributed by atoms with Gasteiger partial charge in [-0.05, 0) is 19.8 Å². The number of rotatable bonds is 4. The monoisotopic (exact) mass is 250 g/mol. The van der Waals surface area contributed by atoms with E-state index in [-0.39, 0.29) is 6.10 Å². The summed E-state index contributed by atoms with van der Waals surface area (Å²) in [4.78, 5) is 11.1. The number of nitrogens with one attached hydrogen (secondary N) is 1. The molecule has 18 heavy (non-hydrogen) atoms. The van der Waals surface area contributed by atoms with Crippen molar-refractivity contribution in [2.45, 2.75) is 39.2 Å². The molecule has 1 fully saturated rings. The van der Waals surface area contributed by atoms with Crippen molar-refractivity contribution in [3.05, 3.63) is 11.9 Å². The molecule has 0 spiro atoms. The average molecular weight is 250 g/mol. The molecule has 1 aromatic rings. The molecule has 2 heterocycles. The number of nitrogens with zero attached hydrogens (tertiary/aromatic N) is 3. The van der Waals surface area contributed by atoms with Crippen LogP contribution in [-0.2, 0) is 6.42 Å². The summed E-state index contributed by atoms with van der Waals surface area (Å²) >= 11 is 0. The molecule has 0 aromatic carbocycles. The molecule has 1 unspecified atom stereocenters. The van der Waals surface area contributed by atoms with Gasteiger partial charge < -0.3 is 15.3 Å². The molecule has 1 aliphatic heterocycles. The lowest BCUT2D eigenvalue weighted by atomic mass is 10.1. The number of hydrogen-bond donors (Lipinski definition) is 2. The van der Waals surface area contributed by atoms with E-state index < -0.39 is 0 Å². The minimum atomic E-state index is -0.235. The number of anilines is 2. The predicted molar refractivity (Wildman–Crippen MR) is 73.0 cm³/mol. The Kier molecular flexibility index (Phi) is 4.36. The van der Waals surface area contributed by atoms with Crippen LogP contribution in [0.1, 0.15) is 32.5 Å². The summed E-state index contributed by atoms with van der Waals surface area (Å²) in [6, 6.07) is 1.97. The van der Waals surface area contributed by atoms with Gasteiger partial charge in [0.25, 0.3) is 0 Å². The summed E-state index contributed by atoms with van der Waals surface area (Å²) in [6.07, 6.45) is 2.50. The van der Waals surface area contributed by atoms with Crippen molar-refractivity contribution in [1.29, 1.82) is 0 Å². The molecule has 1 aliphatic rings. The number of aryl methyl sites for hydroxylation is 1. The third-order valence-electron chi connectivity index (χ3n) is 3.15. The SMILES string of the molecule is CCNc1cc(N2CCCC(O)C2)nc(CC)n1. The highest BCUT2D eigenvalue weighted by Gasteiger charge is 2.19. The molecule has 1 aromatic heterocycles. The van der Waals surface area contributed by atoms with Crippen LogP contribution in [-0.4, -0.2) is 40.8 Å². The van der Waals surface area contributed by atoms with Gasteiger partial charge in [0.15, 0.2) is 0 Å². The van der Waals surface area contributed by atoms with Crippen molar-refractivity contribution in [2.75, 3.05) is 29.9 Å². The van der Waals surface area contributed by atoms with Crippen molar-refractivity contribution < 1.29 is 5.11 Å². The van der Waals surface area contributed by atoms with E-state index in [1.165, 1.54) is 0 Å². The van der Waals surface area contributed by atoms with Gasteiger partial charge in [0.1, 0.15) is 17.5 Å². The first kappa shape index (κ1) is 13.1. The van der Waals surface area contributed by atoms with Crippen LogP contribution in [0, 0.1) is 0 Å². The zero-order valence-electron chi connectivity index (χ0n) is 11.2. The van der Waals surface area contributed by atoms with Crippen molar-refractivity contribution in [1.82, 2.24) is 9.97 Å². The van der Waals surface area contributed by atoms with Crippen molar-refractivity contribution in [2.24, 2.45) is 0 Å². The standard InChI is InChI=1S/C13H22N4O/c1-3-11-15-12(14-4-2)8-13(16-11)17-7-5-6-10(18)9-17/h8,10,18H,3-7,9H2,1-2H3,(H,14,15,16). The quantitative estimate of drug-likeness (QED) is 0.846. The van der Waals surface area contributed by atoms with E-state index in [9.17, 15) is 5.11 Å². The second kappa shape index (κ2) is 6.00. The third kappa shape index (κ3) is 3.10. The number of aromatic nitrogens is 2. The summed E-state index contributed by atoms with van der Waals surface area (Å²) in [7, 11) is 0. The van der Waals surface area contributed by atoms with E-state index in [1.807, 2.05) is 6.07 Å². The van der Waals surface area contributed by atoms with Crippen LogP contribution in [0.2, 0.25) is 0 Å². The van der Waals surface area contributed by atoms with Gasteiger partial charge in [0.2, 0.25) is 0 Å². The molecule has 0 aliphatic carbocycles. The maximum Gasteiger partial charge on any atom is 0.134 e. The molecule has 0 saturated carbocycles. The van der Waals surface area contributed by atoms with Crippen LogP contribution in [0.5, 0.6) is 0 Å². The van der Waals surface area contributed by atoms with E-state index in [0.717, 1.165) is 49.8 Å². The lowest BCUT2D eigenvalue weighted by Crippen LogP contribution is -2.38. The van der Waals surface area contributed by atoms with Gasteiger partial charge in [-0.3, -0.25) is 0 Å². The Labute approximate surface area is 108 Å². The number of aliphatic hydroxyl groups excluding tert-OH is 1. The van der Waals surface area contributed by atoms with Crippen LogP contribution < -0.4 is 10.2 Å². The maximum absolute atomic E-state index is 9.74. The Morgan fingerprint density at radius 3 is 2.94 bits per heavy atom. The second-order valence-corrected chi connectivity index (χ2v) is 4.65. The van der Waals surface area contributed by atoms with E-state index in [0.29, 0.717) is 6.54 Å². The van der Waals surface area contributed by atoms with Gasteiger partial charge in [-0.1, -0.05) is 6.92 Å². The van der Waals surface area contributed by atoms with Gasteiger partial charge in [0, 0.05) is 32.1 Å². The summed E-state index contributed by atoms with van der Waals surface area (Å²) in [5.74, 6) is 2.65. The normalized spacial score (nSPS) is 19.9. The second-order valence-electron chi connectivity index (χ2n) is 4.65. The van der Waals surface area contributed by atoms with Crippen LogP contribution in [0.3, 0.4) is 0 Å². The molecule has 1 saturated heterocycles. The van der Waals surface area contributed by atoms with Crippen molar-refractivity contribution in [3.63, 3.8) is 0 Å². The largest absolute Gasteiger partial charge is 0.391 e. The Bertz CT molecular complexity index is 397. The van der Waals surface area contributed by atoms with Crippen LogP contribution in [0.25, 0.3) is 0 Å². The van der Waals surface area contributed by atoms with Gasteiger partial charge >= 0.3 is 0 Å². The molecule has 5 nitrogen and oxygen atoms in total. The van der Waals surface area contributed by atoms with Crippen molar-refractivity contribution >= 4 is 11.6 Å².